The molecule has 0 spiro atoms. The van der Waals surface area contributed by atoms with Gasteiger partial charge in [0.1, 0.15) is 5.58 Å². The highest BCUT2D eigenvalue weighted by molar-refractivity contribution is 5.89. The molecule has 0 fully saturated rings. The molecular weight excluding hydrogens is 312 g/mol. The molecule has 0 amide bonds. The summed E-state index contributed by atoms with van der Waals surface area (Å²) in [6, 6.07) is 2.65. The van der Waals surface area contributed by atoms with E-state index in [4.69, 9.17) is 9.52 Å². The number of fused-ring (bicyclic) bond motifs is 2. The van der Waals surface area contributed by atoms with Gasteiger partial charge in [0.15, 0.2) is 5.43 Å². The Labute approximate surface area is 137 Å². The van der Waals surface area contributed by atoms with Gasteiger partial charge < -0.3 is 14.6 Å². The van der Waals surface area contributed by atoms with Crippen LogP contribution in [0.25, 0.3) is 11.0 Å². The molecule has 2 N–H and O–H groups in total. The lowest BCUT2D eigenvalue weighted by molar-refractivity contribution is -0.142. The fraction of sp³-hybridized carbons (Fsp3) is 0.389. The average Bonchev–Trinajstić information content (AvgIpc) is 2.54. The second-order valence-electron chi connectivity index (χ2n) is 6.18. The molecule has 2 aromatic rings. The first-order chi connectivity index (χ1) is 11.4. The van der Waals surface area contributed by atoms with Crippen molar-refractivity contribution in [3.63, 3.8) is 0 Å². The number of carboxylic acid groups (broad SMARTS) is 2. The van der Waals surface area contributed by atoms with Crippen molar-refractivity contribution in [3.8, 4) is 0 Å². The first-order valence-corrected chi connectivity index (χ1v) is 8.00. The van der Waals surface area contributed by atoms with Crippen molar-refractivity contribution in [1.29, 1.82) is 0 Å². The van der Waals surface area contributed by atoms with E-state index in [-0.39, 0.29) is 5.76 Å². The Hall–Kier alpha value is -2.63. The van der Waals surface area contributed by atoms with E-state index in [2.05, 4.69) is 0 Å². The highest BCUT2D eigenvalue weighted by atomic mass is 16.4. The fourth-order valence-electron chi connectivity index (χ4n) is 3.47. The smallest absolute Gasteiger partial charge is 0.371 e. The van der Waals surface area contributed by atoms with E-state index in [0.717, 1.165) is 29.2 Å². The molecule has 1 aromatic heterocycles. The van der Waals surface area contributed by atoms with Crippen LogP contribution in [0.4, 0.5) is 0 Å². The summed E-state index contributed by atoms with van der Waals surface area (Å²) < 4.78 is 5.51. The summed E-state index contributed by atoms with van der Waals surface area (Å²) >= 11 is 0. The minimum absolute atomic E-state index is 0.327. The van der Waals surface area contributed by atoms with Gasteiger partial charge in [-0.3, -0.25) is 9.59 Å². The molecule has 0 saturated heterocycles. The van der Waals surface area contributed by atoms with E-state index in [1.807, 2.05) is 6.92 Å². The van der Waals surface area contributed by atoms with Gasteiger partial charge in [0.2, 0.25) is 5.76 Å². The molecule has 24 heavy (non-hydrogen) atoms. The Morgan fingerprint density at radius 2 is 2.04 bits per heavy atom. The number of benzene rings is 1. The lowest BCUT2D eigenvalue weighted by atomic mass is 9.80. The fourth-order valence-corrected chi connectivity index (χ4v) is 3.47. The molecule has 126 valence electrons. The Balaban J connectivity index is 2.28. The molecule has 0 bridgehead atoms. The summed E-state index contributed by atoms with van der Waals surface area (Å²) in [6.45, 7) is 1.99. The lowest BCUT2D eigenvalue weighted by Gasteiger charge is -2.24. The molecule has 0 radical (unpaired) electrons. The average molecular weight is 330 g/mol. The Bertz CT molecular complexity index is 892. The van der Waals surface area contributed by atoms with Gasteiger partial charge in [-0.15, -0.1) is 0 Å². The molecule has 3 rings (SSSR count). The number of rotatable bonds is 4. The molecule has 6 heteroatoms. The molecule has 6 nitrogen and oxygen atoms in total. The maximum atomic E-state index is 12.3. The van der Waals surface area contributed by atoms with Crippen LogP contribution in [0.2, 0.25) is 0 Å². The van der Waals surface area contributed by atoms with Crippen LogP contribution in [0.1, 0.15) is 47.0 Å². The monoisotopic (exact) mass is 330 g/mol. The van der Waals surface area contributed by atoms with Crippen LogP contribution in [-0.2, 0) is 24.1 Å². The second-order valence-corrected chi connectivity index (χ2v) is 6.18. The summed E-state index contributed by atoms with van der Waals surface area (Å²) in [6.07, 6.45) is 2.99. The van der Waals surface area contributed by atoms with Gasteiger partial charge in [0.05, 0.1) is 11.3 Å². The molecule has 0 aliphatic heterocycles. The highest BCUT2D eigenvalue weighted by Gasteiger charge is 2.28. The van der Waals surface area contributed by atoms with Crippen molar-refractivity contribution in [2.24, 2.45) is 5.92 Å². The predicted molar refractivity (Wildman–Crippen MR) is 86.6 cm³/mol. The third-order valence-corrected chi connectivity index (χ3v) is 4.60. The second kappa shape index (κ2) is 6.11. The van der Waals surface area contributed by atoms with E-state index < -0.39 is 23.3 Å². The van der Waals surface area contributed by atoms with Crippen LogP contribution >= 0.6 is 0 Å². The zero-order valence-corrected chi connectivity index (χ0v) is 13.3. The first-order valence-electron chi connectivity index (χ1n) is 8.00. The maximum Gasteiger partial charge on any atom is 0.371 e. The summed E-state index contributed by atoms with van der Waals surface area (Å²) in [4.78, 5) is 34.8. The first kappa shape index (κ1) is 16.2. The van der Waals surface area contributed by atoms with Gasteiger partial charge in [-0.2, -0.15) is 0 Å². The number of carboxylic acids is 2. The van der Waals surface area contributed by atoms with Gasteiger partial charge in [-0.1, -0.05) is 13.3 Å². The molecule has 1 aliphatic carbocycles. The number of hydrogen-bond donors (Lipinski definition) is 2. The minimum Gasteiger partial charge on any atom is -0.481 e. The van der Waals surface area contributed by atoms with Crippen LogP contribution < -0.4 is 5.43 Å². The van der Waals surface area contributed by atoms with Gasteiger partial charge in [-0.05, 0) is 48.4 Å². The zero-order chi connectivity index (χ0) is 17.4. The van der Waals surface area contributed by atoms with E-state index in [1.165, 1.54) is 0 Å². The van der Waals surface area contributed by atoms with Crippen LogP contribution in [0.15, 0.2) is 21.3 Å². The van der Waals surface area contributed by atoms with Crippen LogP contribution in [-0.4, -0.2) is 22.2 Å². The molecule has 1 aliphatic rings. The van der Waals surface area contributed by atoms with E-state index in [0.29, 0.717) is 36.7 Å². The number of aromatic carboxylic acids is 1. The van der Waals surface area contributed by atoms with Crippen LogP contribution in [0.5, 0.6) is 0 Å². The quantitative estimate of drug-likeness (QED) is 0.893. The third kappa shape index (κ3) is 2.68. The van der Waals surface area contributed by atoms with Crippen molar-refractivity contribution in [1.82, 2.24) is 0 Å². The van der Waals surface area contributed by atoms with Gasteiger partial charge in [-0.25, -0.2) is 4.79 Å². The predicted octanol–water partition coefficient (Wildman–Crippen LogP) is 2.63. The van der Waals surface area contributed by atoms with Crippen molar-refractivity contribution in [2.75, 3.05) is 0 Å². The maximum absolute atomic E-state index is 12.3. The lowest BCUT2D eigenvalue weighted by Crippen LogP contribution is -2.23. The van der Waals surface area contributed by atoms with Crippen LogP contribution in [0, 0.1) is 5.92 Å². The third-order valence-electron chi connectivity index (χ3n) is 4.60. The number of aryl methyl sites for hydroxylation is 1. The Morgan fingerprint density at radius 1 is 1.29 bits per heavy atom. The Kier molecular flexibility index (Phi) is 4.13. The van der Waals surface area contributed by atoms with Gasteiger partial charge >= 0.3 is 11.9 Å². The van der Waals surface area contributed by atoms with Crippen molar-refractivity contribution in [2.45, 2.75) is 39.0 Å². The number of hydrogen-bond acceptors (Lipinski definition) is 4. The van der Waals surface area contributed by atoms with Crippen molar-refractivity contribution < 1.29 is 24.2 Å². The molecule has 1 unspecified atom stereocenters. The van der Waals surface area contributed by atoms with E-state index in [1.54, 1.807) is 6.07 Å². The molecule has 1 heterocycles. The standard InChI is InChI=1S/C18H18O6/c1-2-3-12-11-5-4-9(17(20)21)6-10(11)7-13-14(19)8-15(18(22)23)24-16(12)13/h7-9H,2-6H2,1H3,(H,20,21)(H,22,23). The number of aliphatic carboxylic acids is 1. The van der Waals surface area contributed by atoms with Gasteiger partial charge in [0.25, 0.3) is 0 Å². The molecule has 1 atom stereocenters. The Morgan fingerprint density at radius 3 is 2.67 bits per heavy atom. The van der Waals surface area contributed by atoms with E-state index >= 15 is 0 Å². The molecule has 0 saturated carbocycles. The molecule has 1 aromatic carbocycles. The summed E-state index contributed by atoms with van der Waals surface area (Å²) in [5.74, 6) is -2.93. The SMILES string of the molecule is CCCc1c2c(cc3c(=O)cc(C(=O)O)oc13)CC(C(=O)O)CC2. The topological polar surface area (TPSA) is 105 Å². The highest BCUT2D eigenvalue weighted by Crippen LogP contribution is 2.33. The summed E-state index contributed by atoms with van der Waals surface area (Å²) in [5.41, 5.74) is 2.63. The van der Waals surface area contributed by atoms with Gasteiger partial charge in [0, 0.05) is 6.07 Å². The normalized spacial score (nSPS) is 16.8. The number of carbonyl (C=O) groups is 2. The largest absolute Gasteiger partial charge is 0.481 e. The van der Waals surface area contributed by atoms with Crippen molar-refractivity contribution in [3.05, 3.63) is 44.8 Å². The molecular formula is C18H18O6. The van der Waals surface area contributed by atoms with E-state index in [9.17, 15) is 19.5 Å². The van der Waals surface area contributed by atoms with Crippen molar-refractivity contribution >= 4 is 22.9 Å². The minimum atomic E-state index is -1.28. The summed E-state index contributed by atoms with van der Waals surface area (Å²) in [5, 5.41) is 18.7. The zero-order valence-electron chi connectivity index (χ0n) is 13.3. The summed E-state index contributed by atoms with van der Waals surface area (Å²) in [7, 11) is 0. The van der Waals surface area contributed by atoms with Crippen LogP contribution in [0.3, 0.4) is 0 Å².